The number of aromatic amines is 1. The minimum absolute atomic E-state index is 0.0422. The largest absolute Gasteiger partial charge is 0.469 e. The van der Waals surface area contributed by atoms with Crippen LogP contribution < -0.4 is 0 Å². The Morgan fingerprint density at radius 2 is 2.26 bits per heavy atom. The summed E-state index contributed by atoms with van der Waals surface area (Å²) in [7, 11) is 0. The fraction of sp³-hybridized carbons (Fsp3) is 0.385. The average Bonchev–Trinajstić information content (AvgIpc) is 3.07. The van der Waals surface area contributed by atoms with Crippen molar-refractivity contribution in [2.75, 3.05) is 0 Å². The van der Waals surface area contributed by atoms with E-state index in [0.717, 1.165) is 24.8 Å². The van der Waals surface area contributed by atoms with Gasteiger partial charge in [-0.3, -0.25) is 14.7 Å². The van der Waals surface area contributed by atoms with Crippen LogP contribution in [0.4, 0.5) is 0 Å². The van der Waals surface area contributed by atoms with E-state index in [0.29, 0.717) is 5.76 Å². The molecule has 0 saturated heterocycles. The number of rotatable bonds is 7. The van der Waals surface area contributed by atoms with Gasteiger partial charge in [-0.15, -0.1) is 5.10 Å². The highest BCUT2D eigenvalue weighted by Gasteiger charge is 2.22. The molecule has 0 radical (unpaired) electrons. The maximum absolute atomic E-state index is 11.8. The Labute approximate surface area is 110 Å². The summed E-state index contributed by atoms with van der Waals surface area (Å²) in [6.07, 6.45) is 5.71. The second-order valence-electron chi connectivity index (χ2n) is 4.22. The molecule has 1 N–H and O–H groups in total. The molecule has 0 bridgehead atoms. The fourth-order valence-electron chi connectivity index (χ4n) is 1.78. The Bertz CT molecular complexity index is 557. The SMILES string of the molecule is CCCCc1ccoc1CC(=O)C(=O)c1nc[nH]n1. The van der Waals surface area contributed by atoms with Gasteiger partial charge in [0.25, 0.3) is 5.78 Å². The minimum atomic E-state index is -0.695. The standard InChI is InChI=1S/C13H15N3O3/c1-2-3-4-9-5-6-19-11(9)7-10(17)12(18)13-14-8-15-16-13/h5-6,8H,2-4,7H2,1H3,(H,14,15,16). The number of H-pyrrole nitrogens is 1. The molecule has 2 aromatic heterocycles. The van der Waals surface area contributed by atoms with Crippen molar-refractivity contribution in [2.45, 2.75) is 32.6 Å². The molecule has 19 heavy (non-hydrogen) atoms. The Hall–Kier alpha value is -2.24. The van der Waals surface area contributed by atoms with Crippen LogP contribution in [0.25, 0.3) is 0 Å². The Morgan fingerprint density at radius 3 is 2.95 bits per heavy atom. The average molecular weight is 261 g/mol. The lowest BCUT2D eigenvalue weighted by atomic mass is 10.0. The predicted octanol–water partition coefficient (Wildman–Crippen LogP) is 1.73. The van der Waals surface area contributed by atoms with Crippen molar-refractivity contribution in [3.8, 4) is 0 Å². The summed E-state index contributed by atoms with van der Waals surface area (Å²) in [6, 6.07) is 1.84. The van der Waals surface area contributed by atoms with Gasteiger partial charge in [-0.1, -0.05) is 13.3 Å². The Morgan fingerprint density at radius 1 is 1.42 bits per heavy atom. The summed E-state index contributed by atoms with van der Waals surface area (Å²) in [5, 5.41) is 6.01. The number of carbonyl (C=O) groups is 2. The van der Waals surface area contributed by atoms with E-state index < -0.39 is 11.6 Å². The second-order valence-corrected chi connectivity index (χ2v) is 4.22. The molecule has 0 unspecified atom stereocenters. The van der Waals surface area contributed by atoms with E-state index in [9.17, 15) is 9.59 Å². The van der Waals surface area contributed by atoms with Gasteiger partial charge in [-0.25, -0.2) is 4.98 Å². The van der Waals surface area contributed by atoms with Gasteiger partial charge < -0.3 is 4.42 Å². The first-order valence-electron chi connectivity index (χ1n) is 6.21. The van der Waals surface area contributed by atoms with Gasteiger partial charge in [0, 0.05) is 0 Å². The van der Waals surface area contributed by atoms with Crippen molar-refractivity contribution >= 4 is 11.6 Å². The summed E-state index contributed by atoms with van der Waals surface area (Å²) < 4.78 is 5.28. The van der Waals surface area contributed by atoms with E-state index >= 15 is 0 Å². The number of ketones is 2. The highest BCUT2D eigenvalue weighted by molar-refractivity contribution is 6.43. The van der Waals surface area contributed by atoms with Gasteiger partial charge in [0.05, 0.1) is 12.7 Å². The van der Waals surface area contributed by atoms with Crippen LogP contribution in [0.15, 0.2) is 23.1 Å². The summed E-state index contributed by atoms with van der Waals surface area (Å²) in [4.78, 5) is 27.2. The summed E-state index contributed by atoms with van der Waals surface area (Å²) in [5.41, 5.74) is 0.984. The van der Waals surface area contributed by atoms with Crippen molar-refractivity contribution in [1.29, 1.82) is 0 Å². The lowest BCUT2D eigenvalue weighted by Crippen LogP contribution is -2.18. The van der Waals surface area contributed by atoms with Crippen LogP contribution in [0.1, 0.15) is 41.7 Å². The highest BCUT2D eigenvalue weighted by Crippen LogP contribution is 2.15. The molecule has 0 saturated carbocycles. The molecule has 0 amide bonds. The molecule has 0 spiro atoms. The van der Waals surface area contributed by atoms with E-state index in [1.165, 1.54) is 6.33 Å². The topological polar surface area (TPSA) is 88.9 Å². The molecule has 100 valence electrons. The van der Waals surface area contributed by atoms with Gasteiger partial charge in [0.15, 0.2) is 0 Å². The maximum Gasteiger partial charge on any atom is 0.268 e. The molecular formula is C13H15N3O3. The number of unbranched alkanes of at least 4 members (excludes halogenated alkanes) is 1. The Balaban J connectivity index is 2.03. The van der Waals surface area contributed by atoms with E-state index in [2.05, 4.69) is 22.1 Å². The maximum atomic E-state index is 11.8. The zero-order valence-corrected chi connectivity index (χ0v) is 10.7. The van der Waals surface area contributed by atoms with Crippen molar-refractivity contribution < 1.29 is 14.0 Å². The quantitative estimate of drug-likeness (QED) is 0.605. The molecule has 6 heteroatoms. The van der Waals surface area contributed by atoms with Gasteiger partial charge >= 0.3 is 0 Å². The third-order valence-corrected chi connectivity index (χ3v) is 2.83. The molecule has 0 aliphatic heterocycles. The lowest BCUT2D eigenvalue weighted by molar-refractivity contribution is -0.114. The Kier molecular flexibility index (Phi) is 4.22. The van der Waals surface area contributed by atoms with E-state index in [1.54, 1.807) is 6.26 Å². The van der Waals surface area contributed by atoms with Gasteiger partial charge in [0.1, 0.15) is 12.1 Å². The number of aryl methyl sites for hydroxylation is 1. The number of furan rings is 1. The first kappa shape index (κ1) is 13.2. The van der Waals surface area contributed by atoms with Crippen molar-refractivity contribution in [1.82, 2.24) is 15.2 Å². The number of aromatic nitrogens is 3. The van der Waals surface area contributed by atoms with Gasteiger partial charge in [-0.2, -0.15) is 0 Å². The molecule has 6 nitrogen and oxygen atoms in total. The van der Waals surface area contributed by atoms with Gasteiger partial charge in [-0.05, 0) is 24.5 Å². The fourth-order valence-corrected chi connectivity index (χ4v) is 1.78. The normalized spacial score (nSPS) is 10.6. The number of hydrogen-bond donors (Lipinski definition) is 1. The monoisotopic (exact) mass is 261 g/mol. The molecule has 2 aromatic rings. The molecule has 0 aromatic carbocycles. The third-order valence-electron chi connectivity index (χ3n) is 2.83. The molecular weight excluding hydrogens is 246 g/mol. The molecule has 0 aliphatic rings. The first-order valence-corrected chi connectivity index (χ1v) is 6.21. The van der Waals surface area contributed by atoms with Crippen LogP contribution >= 0.6 is 0 Å². The van der Waals surface area contributed by atoms with Crippen LogP contribution in [0.2, 0.25) is 0 Å². The van der Waals surface area contributed by atoms with Crippen molar-refractivity contribution in [3.63, 3.8) is 0 Å². The number of hydrogen-bond acceptors (Lipinski definition) is 5. The molecule has 2 rings (SSSR count). The second kappa shape index (κ2) is 6.08. The number of nitrogens with zero attached hydrogens (tertiary/aromatic N) is 2. The van der Waals surface area contributed by atoms with E-state index in [1.807, 2.05) is 6.07 Å². The van der Waals surface area contributed by atoms with E-state index in [4.69, 9.17) is 4.42 Å². The molecule has 2 heterocycles. The summed E-state index contributed by atoms with van der Waals surface area (Å²) >= 11 is 0. The smallest absolute Gasteiger partial charge is 0.268 e. The van der Waals surface area contributed by atoms with Crippen LogP contribution in [0.5, 0.6) is 0 Å². The molecule has 0 atom stereocenters. The van der Waals surface area contributed by atoms with Crippen LogP contribution in [0, 0.1) is 0 Å². The summed E-state index contributed by atoms with van der Waals surface area (Å²) in [6.45, 7) is 2.09. The van der Waals surface area contributed by atoms with Crippen LogP contribution in [-0.4, -0.2) is 26.7 Å². The van der Waals surface area contributed by atoms with Crippen molar-refractivity contribution in [3.05, 3.63) is 35.8 Å². The summed E-state index contributed by atoms with van der Waals surface area (Å²) in [5.74, 6) is -0.805. The number of carbonyl (C=O) groups excluding carboxylic acids is 2. The molecule has 0 fully saturated rings. The van der Waals surface area contributed by atoms with Crippen molar-refractivity contribution in [2.24, 2.45) is 0 Å². The highest BCUT2D eigenvalue weighted by atomic mass is 16.3. The zero-order chi connectivity index (χ0) is 13.7. The zero-order valence-electron chi connectivity index (χ0n) is 10.7. The predicted molar refractivity (Wildman–Crippen MR) is 66.7 cm³/mol. The van der Waals surface area contributed by atoms with Gasteiger partial charge in [0.2, 0.25) is 11.6 Å². The lowest BCUT2D eigenvalue weighted by Gasteiger charge is -2.00. The molecule has 0 aliphatic carbocycles. The van der Waals surface area contributed by atoms with Crippen LogP contribution in [-0.2, 0) is 17.6 Å². The first-order chi connectivity index (χ1) is 9.22. The minimum Gasteiger partial charge on any atom is -0.469 e. The third kappa shape index (κ3) is 3.15. The number of Topliss-reactive ketones (excluding diaryl/α,β-unsaturated/α-hetero) is 2. The van der Waals surface area contributed by atoms with E-state index in [-0.39, 0.29) is 12.2 Å². The number of nitrogens with one attached hydrogen (secondary N) is 1. The van der Waals surface area contributed by atoms with Crippen LogP contribution in [0.3, 0.4) is 0 Å².